The monoisotopic (exact) mass is 363 g/mol. The number of aromatic nitrogens is 3. The lowest BCUT2D eigenvalue weighted by Gasteiger charge is -2.06. The van der Waals surface area contributed by atoms with Crippen LogP contribution in [0.5, 0.6) is 0 Å². The fourth-order valence-electron chi connectivity index (χ4n) is 2.58. The van der Waals surface area contributed by atoms with Gasteiger partial charge in [-0.1, -0.05) is 30.3 Å². The Bertz CT molecular complexity index is 921. The molecule has 3 rings (SSSR count). The number of H-pyrrole nitrogens is 1. The van der Waals surface area contributed by atoms with Crippen LogP contribution in [0.3, 0.4) is 0 Å². The SMILES string of the molecule is Cc1cc(C(=O)NCCCNC(=O)c2cc(-c3ccccc3)[nH]n2)ccn1. The molecule has 0 bridgehead atoms. The number of aromatic amines is 1. The predicted octanol–water partition coefficient (Wildman–Crippen LogP) is 2.33. The summed E-state index contributed by atoms with van der Waals surface area (Å²) in [6, 6.07) is 14.8. The van der Waals surface area contributed by atoms with E-state index in [0.717, 1.165) is 17.0 Å². The van der Waals surface area contributed by atoms with Crippen molar-refractivity contribution in [2.75, 3.05) is 13.1 Å². The van der Waals surface area contributed by atoms with Crippen molar-refractivity contribution in [3.63, 3.8) is 0 Å². The Kier molecular flexibility index (Phi) is 5.94. The number of hydrogen-bond acceptors (Lipinski definition) is 4. The highest BCUT2D eigenvalue weighted by Gasteiger charge is 2.11. The number of rotatable bonds is 7. The Labute approximate surface area is 157 Å². The van der Waals surface area contributed by atoms with E-state index in [1.165, 1.54) is 0 Å². The van der Waals surface area contributed by atoms with Crippen molar-refractivity contribution in [3.05, 3.63) is 71.7 Å². The molecule has 0 saturated heterocycles. The van der Waals surface area contributed by atoms with Gasteiger partial charge in [0, 0.05) is 30.5 Å². The summed E-state index contributed by atoms with van der Waals surface area (Å²) in [7, 11) is 0. The molecule has 0 aliphatic rings. The molecule has 2 aromatic heterocycles. The predicted molar refractivity (Wildman–Crippen MR) is 102 cm³/mol. The maximum atomic E-state index is 12.2. The average Bonchev–Trinajstić information content (AvgIpc) is 3.18. The first kappa shape index (κ1) is 18.3. The fourth-order valence-corrected chi connectivity index (χ4v) is 2.58. The van der Waals surface area contributed by atoms with Gasteiger partial charge < -0.3 is 10.6 Å². The van der Waals surface area contributed by atoms with Crippen LogP contribution in [0.25, 0.3) is 11.3 Å². The van der Waals surface area contributed by atoms with E-state index in [0.29, 0.717) is 30.8 Å². The average molecular weight is 363 g/mol. The van der Waals surface area contributed by atoms with Crippen LogP contribution >= 0.6 is 0 Å². The second kappa shape index (κ2) is 8.75. The summed E-state index contributed by atoms with van der Waals surface area (Å²) in [5, 5.41) is 12.6. The lowest BCUT2D eigenvalue weighted by molar-refractivity contribution is 0.0948. The first-order valence-electron chi connectivity index (χ1n) is 8.73. The third-order valence-corrected chi connectivity index (χ3v) is 3.98. The molecule has 0 saturated carbocycles. The first-order valence-corrected chi connectivity index (χ1v) is 8.73. The number of nitrogens with zero attached hydrogens (tertiary/aromatic N) is 2. The van der Waals surface area contributed by atoms with Gasteiger partial charge in [-0.2, -0.15) is 5.10 Å². The molecule has 138 valence electrons. The van der Waals surface area contributed by atoms with Crippen molar-refractivity contribution in [3.8, 4) is 11.3 Å². The summed E-state index contributed by atoms with van der Waals surface area (Å²) in [5.74, 6) is -0.392. The normalized spacial score (nSPS) is 10.4. The van der Waals surface area contributed by atoms with Crippen LogP contribution in [0.4, 0.5) is 0 Å². The highest BCUT2D eigenvalue weighted by molar-refractivity contribution is 5.94. The van der Waals surface area contributed by atoms with Gasteiger partial charge >= 0.3 is 0 Å². The number of hydrogen-bond donors (Lipinski definition) is 3. The zero-order valence-electron chi connectivity index (χ0n) is 15.0. The van der Waals surface area contributed by atoms with Crippen molar-refractivity contribution in [2.45, 2.75) is 13.3 Å². The maximum absolute atomic E-state index is 12.2. The second-order valence-corrected chi connectivity index (χ2v) is 6.08. The van der Waals surface area contributed by atoms with E-state index in [1.54, 1.807) is 24.4 Å². The topological polar surface area (TPSA) is 99.8 Å². The Morgan fingerprint density at radius 3 is 2.48 bits per heavy atom. The molecule has 3 aromatic rings. The molecule has 0 spiro atoms. The number of nitrogens with one attached hydrogen (secondary N) is 3. The first-order chi connectivity index (χ1) is 13.1. The van der Waals surface area contributed by atoms with Crippen LogP contribution in [-0.4, -0.2) is 40.1 Å². The van der Waals surface area contributed by atoms with Gasteiger partial charge in [-0.05, 0) is 37.1 Å². The van der Waals surface area contributed by atoms with Crippen LogP contribution in [0.2, 0.25) is 0 Å². The molecular weight excluding hydrogens is 342 g/mol. The number of carbonyl (C=O) groups is 2. The molecule has 27 heavy (non-hydrogen) atoms. The number of benzene rings is 1. The van der Waals surface area contributed by atoms with E-state index in [9.17, 15) is 9.59 Å². The highest BCUT2D eigenvalue weighted by Crippen LogP contribution is 2.16. The minimum atomic E-state index is -0.246. The second-order valence-electron chi connectivity index (χ2n) is 6.08. The van der Waals surface area contributed by atoms with Gasteiger partial charge in [0.25, 0.3) is 11.8 Å². The summed E-state index contributed by atoms with van der Waals surface area (Å²) in [4.78, 5) is 28.2. The summed E-state index contributed by atoms with van der Waals surface area (Å²) >= 11 is 0. The zero-order chi connectivity index (χ0) is 19.1. The summed E-state index contributed by atoms with van der Waals surface area (Å²) < 4.78 is 0. The fraction of sp³-hybridized carbons (Fsp3) is 0.200. The van der Waals surface area contributed by atoms with Gasteiger partial charge in [0.15, 0.2) is 5.69 Å². The lowest BCUT2D eigenvalue weighted by Crippen LogP contribution is -2.30. The summed E-state index contributed by atoms with van der Waals surface area (Å²) in [6.45, 7) is 2.75. The minimum Gasteiger partial charge on any atom is -0.352 e. The molecular formula is C20H21N5O2. The summed E-state index contributed by atoms with van der Waals surface area (Å²) in [5.41, 5.74) is 3.48. The van der Waals surface area contributed by atoms with Crippen LogP contribution < -0.4 is 10.6 Å². The Hall–Kier alpha value is -3.48. The number of pyridine rings is 1. The number of aryl methyl sites for hydroxylation is 1. The Morgan fingerprint density at radius 2 is 1.74 bits per heavy atom. The van der Waals surface area contributed by atoms with Gasteiger partial charge in [-0.25, -0.2) is 0 Å². The van der Waals surface area contributed by atoms with Crippen molar-refractivity contribution in [1.82, 2.24) is 25.8 Å². The van der Waals surface area contributed by atoms with E-state index in [1.807, 2.05) is 37.3 Å². The van der Waals surface area contributed by atoms with Crippen LogP contribution in [0.15, 0.2) is 54.7 Å². The molecule has 0 radical (unpaired) electrons. The van der Waals surface area contributed by atoms with Gasteiger partial charge in [0.1, 0.15) is 0 Å². The van der Waals surface area contributed by atoms with Crippen LogP contribution in [0.1, 0.15) is 33.0 Å². The van der Waals surface area contributed by atoms with Crippen LogP contribution in [-0.2, 0) is 0 Å². The summed E-state index contributed by atoms with van der Waals surface area (Å²) in [6.07, 6.45) is 2.23. The molecule has 0 fully saturated rings. The standard InChI is InChI=1S/C20H21N5O2/c1-14-12-16(8-11-21-14)19(26)22-9-5-10-23-20(27)18-13-17(24-25-18)15-6-3-2-4-7-15/h2-4,6-8,11-13H,5,9-10H2,1H3,(H,22,26)(H,23,27)(H,24,25). The molecule has 1 aromatic carbocycles. The molecule has 2 amide bonds. The smallest absolute Gasteiger partial charge is 0.271 e. The van der Waals surface area contributed by atoms with Gasteiger partial charge in [-0.3, -0.25) is 19.7 Å². The molecule has 2 heterocycles. The van der Waals surface area contributed by atoms with E-state index >= 15 is 0 Å². The third kappa shape index (κ3) is 5.01. The van der Waals surface area contributed by atoms with E-state index in [-0.39, 0.29) is 11.8 Å². The molecule has 0 unspecified atom stereocenters. The van der Waals surface area contributed by atoms with Crippen LogP contribution in [0, 0.1) is 6.92 Å². The molecule has 7 heteroatoms. The Balaban J connectivity index is 1.41. The van der Waals surface area contributed by atoms with Gasteiger partial charge in [0.2, 0.25) is 0 Å². The molecule has 0 atom stereocenters. The number of carbonyl (C=O) groups excluding carboxylic acids is 2. The van der Waals surface area contributed by atoms with E-state index < -0.39 is 0 Å². The van der Waals surface area contributed by atoms with E-state index in [2.05, 4.69) is 25.8 Å². The maximum Gasteiger partial charge on any atom is 0.271 e. The third-order valence-electron chi connectivity index (χ3n) is 3.98. The largest absolute Gasteiger partial charge is 0.352 e. The van der Waals surface area contributed by atoms with Crippen molar-refractivity contribution >= 4 is 11.8 Å². The van der Waals surface area contributed by atoms with Crippen molar-refractivity contribution < 1.29 is 9.59 Å². The van der Waals surface area contributed by atoms with Gasteiger partial charge in [0.05, 0.1) is 5.69 Å². The van der Waals surface area contributed by atoms with Gasteiger partial charge in [-0.15, -0.1) is 0 Å². The Morgan fingerprint density at radius 1 is 1.00 bits per heavy atom. The molecule has 3 N–H and O–H groups in total. The zero-order valence-corrected chi connectivity index (χ0v) is 15.0. The number of amides is 2. The quantitative estimate of drug-likeness (QED) is 0.561. The molecule has 7 nitrogen and oxygen atoms in total. The van der Waals surface area contributed by atoms with Crippen molar-refractivity contribution in [2.24, 2.45) is 0 Å². The lowest BCUT2D eigenvalue weighted by atomic mass is 10.1. The van der Waals surface area contributed by atoms with E-state index in [4.69, 9.17) is 0 Å². The highest BCUT2D eigenvalue weighted by atomic mass is 16.2. The van der Waals surface area contributed by atoms with Crippen molar-refractivity contribution in [1.29, 1.82) is 0 Å². The molecule has 0 aliphatic carbocycles. The molecule has 0 aliphatic heterocycles. The minimum absolute atomic E-state index is 0.147.